The van der Waals surface area contributed by atoms with E-state index in [1.54, 1.807) is 34.6 Å². The van der Waals surface area contributed by atoms with Gasteiger partial charge in [0.2, 0.25) is 5.91 Å². The van der Waals surface area contributed by atoms with E-state index < -0.39 is 78.7 Å². The van der Waals surface area contributed by atoms with E-state index in [4.69, 9.17) is 19.7 Å². The highest BCUT2D eigenvalue weighted by molar-refractivity contribution is 5.87. The minimum absolute atomic E-state index is 0.323. The van der Waals surface area contributed by atoms with Crippen molar-refractivity contribution >= 4 is 24.1 Å². The Hall–Kier alpha value is -3.07. The van der Waals surface area contributed by atoms with Crippen LogP contribution in [0.1, 0.15) is 34.6 Å². The molecule has 38 heavy (non-hydrogen) atoms. The van der Waals surface area contributed by atoms with Crippen LogP contribution in [0.2, 0.25) is 0 Å². The maximum absolute atomic E-state index is 14.1. The topological polar surface area (TPSA) is 155 Å². The molecule has 3 amide bonds. The summed E-state index contributed by atoms with van der Waals surface area (Å²) in [5, 5.41) is 19.7. The summed E-state index contributed by atoms with van der Waals surface area (Å²) < 4.78 is 55.7. The average Bonchev–Trinajstić information content (AvgIpc) is 3.32. The molecule has 0 aromatic carbocycles. The fourth-order valence-electron chi connectivity index (χ4n) is 3.83. The maximum Gasteiger partial charge on any atom is 0.411 e. The summed E-state index contributed by atoms with van der Waals surface area (Å²) in [4.78, 5) is 47.4. The predicted octanol–water partition coefficient (Wildman–Crippen LogP) is 2.12. The van der Waals surface area contributed by atoms with Crippen LogP contribution in [-0.4, -0.2) is 120 Å². The van der Waals surface area contributed by atoms with E-state index in [-0.39, 0.29) is 13.1 Å². The quantitative estimate of drug-likeness (QED) is 0.447. The Morgan fingerprint density at radius 3 is 1.79 bits per heavy atom. The van der Waals surface area contributed by atoms with Crippen molar-refractivity contribution in [3.63, 3.8) is 0 Å². The molecule has 3 N–H and O–H groups in total. The molecule has 2 fully saturated rings. The lowest BCUT2D eigenvalue weighted by atomic mass is 10.1. The van der Waals surface area contributed by atoms with E-state index in [1.807, 2.05) is 0 Å². The number of hydrogen-bond donors (Lipinski definition) is 3. The smallest absolute Gasteiger partial charge is 0.411 e. The summed E-state index contributed by atoms with van der Waals surface area (Å²) in [6.07, 6.45) is -7.77. The zero-order chi connectivity index (χ0) is 29.5. The third-order valence-corrected chi connectivity index (χ3v) is 5.65. The molecule has 12 nitrogen and oxygen atoms in total. The van der Waals surface area contributed by atoms with E-state index >= 15 is 0 Å². The van der Waals surface area contributed by atoms with E-state index in [9.17, 15) is 32.3 Å². The molecular weight excluding hydrogens is 519 g/mol. The van der Waals surface area contributed by atoms with Crippen LogP contribution in [0.4, 0.5) is 22.8 Å². The fourth-order valence-corrected chi connectivity index (χ4v) is 3.83. The van der Waals surface area contributed by atoms with Gasteiger partial charge in [-0.2, -0.15) is 0 Å². The average molecular weight is 556 g/mol. The zero-order valence-electron chi connectivity index (χ0n) is 22.4. The molecule has 0 unspecified atom stereocenters. The van der Waals surface area contributed by atoms with E-state index in [1.165, 1.54) is 7.11 Å². The Bertz CT molecular complexity index is 908. The first kappa shape index (κ1) is 33.0. The van der Waals surface area contributed by atoms with Gasteiger partial charge in [-0.05, 0) is 40.2 Å². The number of methoxy groups -OCH3 is 2. The fraction of sp³-hybridized carbons (Fsp3) is 0.739. The Kier molecular flexibility index (Phi) is 11.8. The van der Waals surface area contributed by atoms with Gasteiger partial charge in [-0.3, -0.25) is 14.6 Å². The highest BCUT2D eigenvalue weighted by atomic mass is 19.1. The normalized spacial score (nSPS) is 26.8. The number of carboxylic acid groups (broad SMARTS) is 2. The molecule has 15 heteroatoms. The summed E-state index contributed by atoms with van der Waals surface area (Å²) in [5.74, 6) is -2.58. The second-order valence-electron chi connectivity index (χ2n) is 9.85. The molecule has 2 aliphatic heterocycles. The summed E-state index contributed by atoms with van der Waals surface area (Å²) in [7, 11) is 2.41. The third-order valence-electron chi connectivity index (χ3n) is 5.65. The molecule has 0 aromatic heterocycles. The number of ether oxygens (including phenoxy) is 3. The number of allylic oxidation sites excluding steroid dienone is 1. The molecule has 0 saturated carbocycles. The molecule has 0 spiro atoms. The molecule has 0 aliphatic carbocycles. The Morgan fingerprint density at radius 2 is 1.39 bits per heavy atom. The standard InChI is InChI=1S/C16H26F2N2O4.C7H10FNO5/c1-9(2)10(17)7-19-14(21)12-13(23-6)11(18)8-20(12)15(22)24-16(3,4)5;1-14-5-3(8)2-9(7(12)13)4(5)6(10)11/h11-13H,7-8H2,1-6H3,(H,19,21);3-5H,2H2,1H3,(H,10,11)(H,12,13)/t11-,12-,13+;3-,4-,5+/m00/s1. The van der Waals surface area contributed by atoms with Gasteiger partial charge >= 0.3 is 18.2 Å². The molecule has 2 heterocycles. The Labute approximate surface area is 218 Å². The number of amides is 3. The van der Waals surface area contributed by atoms with Gasteiger partial charge in [0.05, 0.1) is 19.6 Å². The van der Waals surface area contributed by atoms with Crippen molar-refractivity contribution < 1.29 is 56.8 Å². The van der Waals surface area contributed by atoms with Gasteiger partial charge in [0.15, 0.2) is 6.04 Å². The number of nitrogens with zero attached hydrogens (tertiary/aromatic N) is 2. The molecule has 0 aromatic rings. The van der Waals surface area contributed by atoms with Gasteiger partial charge in [-0.25, -0.2) is 27.6 Å². The Balaban J connectivity index is 0.000000437. The van der Waals surface area contributed by atoms with Crippen LogP contribution in [0.25, 0.3) is 0 Å². The van der Waals surface area contributed by atoms with Crippen molar-refractivity contribution in [3.05, 3.63) is 11.4 Å². The number of aliphatic carboxylic acids is 1. The molecule has 0 radical (unpaired) electrons. The number of rotatable bonds is 6. The number of hydrogen-bond acceptors (Lipinski definition) is 7. The van der Waals surface area contributed by atoms with Gasteiger partial charge in [-0.1, -0.05) is 0 Å². The maximum atomic E-state index is 14.1. The SMILES string of the molecule is CO[C@H]1[C@@H](C(=O)NCC(F)=C(C)C)N(C(=O)OC(C)(C)C)C[C@@H]1F.CO[C@H]1[C@@H](C(=O)O)N(C(=O)O)C[C@@H]1F. The first-order valence-corrected chi connectivity index (χ1v) is 11.6. The van der Waals surface area contributed by atoms with E-state index in [0.717, 1.165) is 12.0 Å². The number of carboxylic acids is 1. The van der Waals surface area contributed by atoms with Crippen molar-refractivity contribution in [3.8, 4) is 0 Å². The second kappa shape index (κ2) is 13.6. The van der Waals surface area contributed by atoms with E-state index in [0.29, 0.717) is 10.5 Å². The van der Waals surface area contributed by atoms with Gasteiger partial charge in [0, 0.05) is 14.2 Å². The van der Waals surface area contributed by atoms with Crippen LogP contribution in [0.3, 0.4) is 0 Å². The lowest BCUT2D eigenvalue weighted by Crippen LogP contribution is -2.52. The van der Waals surface area contributed by atoms with Crippen molar-refractivity contribution in [1.29, 1.82) is 0 Å². The van der Waals surface area contributed by atoms with Gasteiger partial charge in [0.1, 0.15) is 42.0 Å². The lowest BCUT2D eigenvalue weighted by molar-refractivity contribution is -0.145. The number of carbonyl (C=O) groups excluding carboxylic acids is 2. The van der Waals surface area contributed by atoms with Crippen molar-refractivity contribution in [2.24, 2.45) is 0 Å². The number of carbonyl (C=O) groups is 4. The minimum Gasteiger partial charge on any atom is -0.480 e. The monoisotopic (exact) mass is 555 g/mol. The molecule has 218 valence electrons. The van der Waals surface area contributed by atoms with Crippen LogP contribution in [0.15, 0.2) is 11.4 Å². The van der Waals surface area contributed by atoms with Crippen LogP contribution >= 0.6 is 0 Å². The summed E-state index contributed by atoms with van der Waals surface area (Å²) in [6.45, 7) is 7.02. The number of likely N-dealkylation sites (tertiary alicyclic amines) is 2. The van der Waals surface area contributed by atoms with E-state index in [2.05, 4.69) is 10.1 Å². The van der Waals surface area contributed by atoms with Crippen LogP contribution in [0, 0.1) is 0 Å². The molecule has 2 saturated heterocycles. The molecule has 0 bridgehead atoms. The zero-order valence-corrected chi connectivity index (χ0v) is 22.4. The van der Waals surface area contributed by atoms with Crippen molar-refractivity contribution in [2.45, 2.75) is 76.9 Å². The van der Waals surface area contributed by atoms with Crippen molar-refractivity contribution in [2.75, 3.05) is 33.9 Å². The van der Waals surface area contributed by atoms with Gasteiger partial charge in [-0.15, -0.1) is 0 Å². The van der Waals surface area contributed by atoms with Gasteiger partial charge < -0.3 is 29.7 Å². The van der Waals surface area contributed by atoms with Crippen LogP contribution in [-0.2, 0) is 23.8 Å². The number of alkyl halides is 2. The largest absolute Gasteiger partial charge is 0.480 e. The van der Waals surface area contributed by atoms with Crippen LogP contribution < -0.4 is 5.32 Å². The summed E-state index contributed by atoms with van der Waals surface area (Å²) in [6, 6.07) is -2.68. The number of nitrogens with one attached hydrogen (secondary N) is 1. The first-order valence-electron chi connectivity index (χ1n) is 11.6. The molecule has 2 aliphatic rings. The van der Waals surface area contributed by atoms with Crippen molar-refractivity contribution in [1.82, 2.24) is 15.1 Å². The molecule has 2 rings (SSSR count). The molecular formula is C23H36F3N3O9. The first-order chi connectivity index (χ1) is 17.5. The van der Waals surface area contributed by atoms with Gasteiger partial charge in [0.25, 0.3) is 0 Å². The second-order valence-corrected chi connectivity index (χ2v) is 9.85. The predicted molar refractivity (Wildman–Crippen MR) is 127 cm³/mol. The Morgan fingerprint density at radius 1 is 0.921 bits per heavy atom. The minimum atomic E-state index is -1.60. The summed E-state index contributed by atoms with van der Waals surface area (Å²) >= 11 is 0. The third kappa shape index (κ3) is 8.48. The highest BCUT2D eigenvalue weighted by Crippen LogP contribution is 2.26. The van der Waals surface area contributed by atoms with Crippen LogP contribution in [0.5, 0.6) is 0 Å². The number of halogens is 3. The lowest BCUT2D eigenvalue weighted by Gasteiger charge is -2.29. The highest BCUT2D eigenvalue weighted by Gasteiger charge is 2.50. The molecule has 6 atom stereocenters. The summed E-state index contributed by atoms with van der Waals surface area (Å²) in [5.41, 5.74) is -0.360.